The van der Waals surface area contributed by atoms with Gasteiger partial charge in [-0.05, 0) is 36.8 Å². The van der Waals surface area contributed by atoms with Crippen LogP contribution in [0.15, 0.2) is 0 Å². The van der Waals surface area contributed by atoms with Crippen LogP contribution in [0.2, 0.25) is 0 Å². The molecule has 0 saturated heterocycles. The fourth-order valence-corrected chi connectivity index (χ4v) is 5.68. The van der Waals surface area contributed by atoms with Crippen LogP contribution in [0.4, 0.5) is 0 Å². The van der Waals surface area contributed by atoms with Crippen LogP contribution < -0.4 is 0 Å². The molecule has 0 spiro atoms. The Balaban J connectivity index is 1.65. The van der Waals surface area contributed by atoms with Gasteiger partial charge in [-0.3, -0.25) is 0 Å². The van der Waals surface area contributed by atoms with Crippen LogP contribution in [0.25, 0.3) is 0 Å². The fraction of sp³-hybridized carbons (Fsp3) is 1.00. The molecule has 0 aliphatic heterocycles. The Kier molecular flexibility index (Phi) is 10.9. The van der Waals surface area contributed by atoms with Crippen LogP contribution >= 0.6 is 9.24 Å². The molecule has 136 valence electrons. The molecule has 0 bridgehead atoms. The predicted octanol–water partition coefficient (Wildman–Crippen LogP) is 7.76. The first kappa shape index (κ1) is 19.8. The first-order valence-electron chi connectivity index (χ1n) is 11.1. The highest BCUT2D eigenvalue weighted by molar-refractivity contribution is 7.16. The van der Waals surface area contributed by atoms with Gasteiger partial charge in [0.25, 0.3) is 0 Å². The van der Waals surface area contributed by atoms with Crippen molar-refractivity contribution in [2.24, 2.45) is 17.8 Å². The van der Waals surface area contributed by atoms with Crippen LogP contribution in [0, 0.1) is 17.8 Å². The van der Waals surface area contributed by atoms with Crippen LogP contribution in [-0.4, -0.2) is 6.16 Å². The minimum atomic E-state index is 1.10. The second-order valence-electron chi connectivity index (χ2n) is 8.51. The largest absolute Gasteiger partial charge is 0.138 e. The van der Waals surface area contributed by atoms with Gasteiger partial charge in [0.2, 0.25) is 0 Å². The van der Waals surface area contributed by atoms with E-state index < -0.39 is 0 Å². The zero-order chi connectivity index (χ0) is 16.2. The highest BCUT2D eigenvalue weighted by Crippen LogP contribution is 2.42. The van der Waals surface area contributed by atoms with E-state index in [1.807, 2.05) is 0 Å². The lowest BCUT2D eigenvalue weighted by atomic mass is 9.68. The van der Waals surface area contributed by atoms with Gasteiger partial charge in [-0.25, -0.2) is 0 Å². The van der Waals surface area contributed by atoms with Gasteiger partial charge in [0.1, 0.15) is 0 Å². The van der Waals surface area contributed by atoms with Gasteiger partial charge in [0, 0.05) is 0 Å². The first-order chi connectivity index (χ1) is 11.4. The number of hydrogen-bond acceptors (Lipinski definition) is 0. The van der Waals surface area contributed by atoms with Gasteiger partial charge in [-0.15, -0.1) is 9.24 Å². The molecule has 1 unspecified atom stereocenters. The standard InChI is InChI=1S/C22H43P/c23-19-13-5-3-1-2-4-12-18-22(20-14-8-6-9-15-20)21-16-10-7-11-17-21/h20-22H,1-19,23H2. The monoisotopic (exact) mass is 338 g/mol. The molecule has 2 fully saturated rings. The lowest BCUT2D eigenvalue weighted by molar-refractivity contribution is 0.131. The van der Waals surface area contributed by atoms with E-state index in [4.69, 9.17) is 0 Å². The Morgan fingerprint density at radius 3 is 1.48 bits per heavy atom. The molecule has 1 heteroatoms. The Morgan fingerprint density at radius 1 is 0.565 bits per heavy atom. The number of rotatable bonds is 11. The maximum Gasteiger partial charge on any atom is -0.0357 e. The number of hydrogen-bond donors (Lipinski definition) is 0. The van der Waals surface area contributed by atoms with Crippen molar-refractivity contribution in [2.45, 2.75) is 116 Å². The predicted molar refractivity (Wildman–Crippen MR) is 108 cm³/mol. The molecule has 0 nitrogen and oxygen atoms in total. The molecule has 2 aliphatic carbocycles. The Labute approximate surface area is 149 Å². The molecule has 0 amide bonds. The molecular formula is C22H43P. The summed E-state index contributed by atoms with van der Waals surface area (Å²) in [6.45, 7) is 0. The fourth-order valence-electron chi connectivity index (χ4n) is 5.39. The molecule has 0 aromatic carbocycles. The summed E-state index contributed by atoms with van der Waals surface area (Å²) in [5, 5.41) is 0. The van der Waals surface area contributed by atoms with Crippen molar-refractivity contribution < 1.29 is 0 Å². The van der Waals surface area contributed by atoms with Gasteiger partial charge in [-0.2, -0.15) is 0 Å². The average molecular weight is 339 g/mol. The van der Waals surface area contributed by atoms with Gasteiger partial charge < -0.3 is 0 Å². The van der Waals surface area contributed by atoms with Crippen LogP contribution in [0.3, 0.4) is 0 Å². The summed E-state index contributed by atoms with van der Waals surface area (Å²) in [6.07, 6.45) is 28.7. The zero-order valence-electron chi connectivity index (χ0n) is 15.7. The second-order valence-corrected chi connectivity index (χ2v) is 9.09. The third-order valence-corrected chi connectivity index (χ3v) is 7.16. The molecule has 1 atom stereocenters. The summed E-state index contributed by atoms with van der Waals surface area (Å²) < 4.78 is 0. The van der Waals surface area contributed by atoms with Crippen LogP contribution in [0.1, 0.15) is 116 Å². The van der Waals surface area contributed by atoms with Gasteiger partial charge in [-0.1, -0.05) is 103 Å². The lowest BCUT2D eigenvalue weighted by Gasteiger charge is -2.38. The molecule has 0 N–H and O–H groups in total. The Morgan fingerprint density at radius 2 is 1.00 bits per heavy atom. The molecule has 0 aromatic rings. The summed E-state index contributed by atoms with van der Waals surface area (Å²) in [5.74, 6) is 3.32. The maximum atomic E-state index is 2.86. The van der Waals surface area contributed by atoms with E-state index in [2.05, 4.69) is 9.24 Å². The smallest absolute Gasteiger partial charge is 0.0357 e. The molecule has 23 heavy (non-hydrogen) atoms. The van der Waals surface area contributed by atoms with Crippen molar-refractivity contribution in [3.05, 3.63) is 0 Å². The van der Waals surface area contributed by atoms with Crippen molar-refractivity contribution in [1.29, 1.82) is 0 Å². The van der Waals surface area contributed by atoms with E-state index in [1.54, 1.807) is 32.1 Å². The molecule has 0 heterocycles. The number of unbranched alkanes of at least 4 members (excludes halogenated alkanes) is 6. The van der Waals surface area contributed by atoms with E-state index >= 15 is 0 Å². The summed E-state index contributed by atoms with van der Waals surface area (Å²) in [7, 11) is 2.86. The van der Waals surface area contributed by atoms with E-state index in [9.17, 15) is 0 Å². The van der Waals surface area contributed by atoms with Crippen molar-refractivity contribution in [1.82, 2.24) is 0 Å². The quantitative estimate of drug-likeness (QED) is 0.267. The first-order valence-corrected chi connectivity index (χ1v) is 11.9. The van der Waals surface area contributed by atoms with Gasteiger partial charge in [0.05, 0.1) is 0 Å². The van der Waals surface area contributed by atoms with E-state index in [1.165, 1.54) is 89.6 Å². The lowest BCUT2D eigenvalue weighted by Crippen LogP contribution is -2.27. The van der Waals surface area contributed by atoms with Crippen molar-refractivity contribution in [2.75, 3.05) is 6.16 Å². The third-order valence-electron chi connectivity index (χ3n) is 6.75. The molecule has 2 rings (SSSR count). The van der Waals surface area contributed by atoms with Gasteiger partial charge >= 0.3 is 0 Å². The van der Waals surface area contributed by atoms with Gasteiger partial charge in [0.15, 0.2) is 0 Å². The molecule has 2 saturated carbocycles. The molecule has 2 aliphatic rings. The Hall–Kier alpha value is 0.430. The SMILES string of the molecule is PCCCCCCCCCC(C1CCCCC1)C1CCCCC1. The van der Waals surface area contributed by atoms with Crippen molar-refractivity contribution in [3.63, 3.8) is 0 Å². The normalized spacial score (nSPS) is 21.1. The minimum absolute atomic E-state index is 1.10. The summed E-state index contributed by atoms with van der Waals surface area (Å²) in [5.41, 5.74) is 0. The van der Waals surface area contributed by atoms with Crippen LogP contribution in [0.5, 0.6) is 0 Å². The summed E-state index contributed by atoms with van der Waals surface area (Å²) in [6, 6.07) is 0. The summed E-state index contributed by atoms with van der Waals surface area (Å²) in [4.78, 5) is 0. The molecule has 0 aromatic heterocycles. The van der Waals surface area contributed by atoms with E-state index in [-0.39, 0.29) is 0 Å². The highest BCUT2D eigenvalue weighted by atomic mass is 31.0. The average Bonchev–Trinajstić information content (AvgIpc) is 2.62. The molecular weight excluding hydrogens is 295 g/mol. The summed E-state index contributed by atoms with van der Waals surface area (Å²) >= 11 is 0. The second kappa shape index (κ2) is 12.7. The van der Waals surface area contributed by atoms with E-state index in [0.29, 0.717) is 0 Å². The van der Waals surface area contributed by atoms with Crippen LogP contribution in [-0.2, 0) is 0 Å². The van der Waals surface area contributed by atoms with Crippen molar-refractivity contribution in [3.8, 4) is 0 Å². The van der Waals surface area contributed by atoms with E-state index in [0.717, 1.165) is 17.8 Å². The topological polar surface area (TPSA) is 0 Å². The maximum absolute atomic E-state index is 2.86. The Bertz CT molecular complexity index is 245. The highest BCUT2D eigenvalue weighted by Gasteiger charge is 2.30. The zero-order valence-corrected chi connectivity index (χ0v) is 16.9. The molecule has 0 radical (unpaired) electrons. The van der Waals surface area contributed by atoms with Crippen molar-refractivity contribution >= 4 is 9.24 Å². The third kappa shape index (κ3) is 7.90. The minimum Gasteiger partial charge on any atom is -0.138 e.